The van der Waals surface area contributed by atoms with Crippen molar-refractivity contribution in [2.45, 2.75) is 66.0 Å². The van der Waals surface area contributed by atoms with Crippen LogP contribution in [0.15, 0.2) is 0 Å². The molecule has 1 aliphatic rings. The maximum absolute atomic E-state index is 5.96. The fraction of sp³-hybridized carbons (Fsp3) is 1.00. The van der Waals surface area contributed by atoms with Crippen molar-refractivity contribution in [1.29, 1.82) is 0 Å². The summed E-state index contributed by atoms with van der Waals surface area (Å²) >= 11 is 0. The molecule has 0 bridgehead atoms. The SMILES string of the molecule is CC(C)OB1OC(C)(C)C(C)(C)C1C. The van der Waals surface area contributed by atoms with E-state index in [0.29, 0.717) is 5.82 Å². The normalized spacial score (nSPS) is 30.0. The smallest absolute Gasteiger partial charge is 0.409 e. The monoisotopic (exact) mass is 198 g/mol. The third kappa shape index (κ3) is 1.85. The van der Waals surface area contributed by atoms with Crippen LogP contribution in [-0.2, 0) is 9.31 Å². The van der Waals surface area contributed by atoms with Gasteiger partial charge in [-0.25, -0.2) is 0 Å². The van der Waals surface area contributed by atoms with Gasteiger partial charge in [0, 0.05) is 6.10 Å². The lowest BCUT2D eigenvalue weighted by Gasteiger charge is -2.36. The molecule has 0 radical (unpaired) electrons. The predicted octanol–water partition coefficient (Wildman–Crippen LogP) is 3.12. The molecule has 0 spiro atoms. The van der Waals surface area contributed by atoms with Crippen molar-refractivity contribution in [2.75, 3.05) is 0 Å². The van der Waals surface area contributed by atoms with E-state index in [4.69, 9.17) is 9.31 Å². The van der Waals surface area contributed by atoms with Crippen molar-refractivity contribution in [3.05, 3.63) is 0 Å². The first kappa shape index (κ1) is 12.1. The van der Waals surface area contributed by atoms with Crippen LogP contribution in [0, 0.1) is 5.41 Å². The van der Waals surface area contributed by atoms with E-state index in [0.717, 1.165) is 0 Å². The molecule has 0 aliphatic carbocycles. The molecule has 14 heavy (non-hydrogen) atoms. The van der Waals surface area contributed by atoms with Gasteiger partial charge in [-0.15, -0.1) is 0 Å². The van der Waals surface area contributed by atoms with Gasteiger partial charge in [0.05, 0.1) is 5.60 Å². The van der Waals surface area contributed by atoms with Crippen molar-refractivity contribution in [3.8, 4) is 0 Å². The van der Waals surface area contributed by atoms with Crippen molar-refractivity contribution in [3.63, 3.8) is 0 Å². The highest BCUT2D eigenvalue weighted by molar-refractivity contribution is 6.47. The molecule has 3 heteroatoms. The van der Waals surface area contributed by atoms with Crippen LogP contribution >= 0.6 is 0 Å². The van der Waals surface area contributed by atoms with E-state index in [1.54, 1.807) is 0 Å². The molecule has 2 nitrogen and oxygen atoms in total. The molecule has 1 atom stereocenters. The lowest BCUT2D eigenvalue weighted by atomic mass is 9.59. The minimum absolute atomic E-state index is 0.0556. The highest BCUT2D eigenvalue weighted by atomic mass is 16.6. The van der Waals surface area contributed by atoms with E-state index < -0.39 is 0 Å². The number of hydrogen-bond acceptors (Lipinski definition) is 2. The summed E-state index contributed by atoms with van der Waals surface area (Å²) in [5.41, 5.74) is 0.0541. The van der Waals surface area contributed by atoms with Crippen LogP contribution in [0.2, 0.25) is 5.82 Å². The van der Waals surface area contributed by atoms with Crippen molar-refractivity contribution < 1.29 is 9.31 Å². The van der Waals surface area contributed by atoms with Crippen molar-refractivity contribution in [2.24, 2.45) is 5.41 Å². The number of rotatable bonds is 2. The first-order chi connectivity index (χ1) is 6.18. The Morgan fingerprint density at radius 3 is 2.00 bits per heavy atom. The minimum atomic E-state index is -0.105. The van der Waals surface area contributed by atoms with Crippen molar-refractivity contribution >= 4 is 7.12 Å². The quantitative estimate of drug-likeness (QED) is 0.634. The molecule has 1 rings (SSSR count). The van der Waals surface area contributed by atoms with Gasteiger partial charge < -0.3 is 9.31 Å². The van der Waals surface area contributed by atoms with Gasteiger partial charge in [0.15, 0.2) is 0 Å². The second-order valence-corrected chi connectivity index (χ2v) is 5.69. The summed E-state index contributed by atoms with van der Waals surface area (Å²) in [6, 6.07) is 0. The topological polar surface area (TPSA) is 18.5 Å². The molecule has 0 amide bonds. The van der Waals surface area contributed by atoms with E-state index >= 15 is 0 Å². The second kappa shape index (κ2) is 3.53. The van der Waals surface area contributed by atoms with Crippen LogP contribution in [-0.4, -0.2) is 18.8 Å². The Bertz CT molecular complexity index is 211. The lowest BCUT2D eigenvalue weighted by Crippen LogP contribution is -2.35. The second-order valence-electron chi connectivity index (χ2n) is 5.69. The zero-order valence-corrected chi connectivity index (χ0v) is 10.5. The molecule has 1 saturated heterocycles. The molecular formula is C11H23BO2. The maximum Gasteiger partial charge on any atom is 0.461 e. The van der Waals surface area contributed by atoms with Crippen molar-refractivity contribution in [1.82, 2.24) is 0 Å². The summed E-state index contributed by atoms with van der Waals surface area (Å²) in [6.07, 6.45) is 0.229. The molecule has 0 aromatic carbocycles. The molecule has 0 N–H and O–H groups in total. The van der Waals surface area contributed by atoms with Gasteiger partial charge >= 0.3 is 7.12 Å². The van der Waals surface area contributed by atoms with Crippen LogP contribution < -0.4 is 0 Å². The third-order valence-corrected chi connectivity index (χ3v) is 3.92. The first-order valence-electron chi connectivity index (χ1n) is 5.52. The third-order valence-electron chi connectivity index (χ3n) is 3.92. The maximum atomic E-state index is 5.96. The summed E-state index contributed by atoms with van der Waals surface area (Å²) in [5, 5.41) is 0. The average molecular weight is 198 g/mol. The standard InChI is InChI=1S/C11H23BO2/c1-8(2)13-12-9(3)10(4,5)11(6,7)14-12/h8-9H,1-7H3. The molecular weight excluding hydrogens is 175 g/mol. The summed E-state index contributed by atoms with van der Waals surface area (Å²) in [4.78, 5) is 0. The predicted molar refractivity (Wildman–Crippen MR) is 60.3 cm³/mol. The fourth-order valence-corrected chi connectivity index (χ4v) is 1.85. The molecule has 0 aromatic heterocycles. The summed E-state index contributed by atoms with van der Waals surface area (Å²) in [7, 11) is -0.0556. The van der Waals surface area contributed by atoms with Gasteiger partial charge in [-0.2, -0.15) is 0 Å². The Kier molecular flexibility index (Phi) is 3.04. The average Bonchev–Trinajstić information content (AvgIpc) is 2.11. The Hall–Kier alpha value is -0.0151. The van der Waals surface area contributed by atoms with Gasteiger partial charge in [0.1, 0.15) is 0 Å². The van der Waals surface area contributed by atoms with Crippen LogP contribution in [0.25, 0.3) is 0 Å². The van der Waals surface area contributed by atoms with E-state index in [1.165, 1.54) is 0 Å². The van der Waals surface area contributed by atoms with Gasteiger partial charge in [-0.3, -0.25) is 0 Å². The summed E-state index contributed by atoms with van der Waals surface area (Å²) < 4.78 is 11.7. The zero-order chi connectivity index (χ0) is 11.1. The highest BCUT2D eigenvalue weighted by Gasteiger charge is 2.56. The Morgan fingerprint density at radius 1 is 1.21 bits per heavy atom. The lowest BCUT2D eigenvalue weighted by molar-refractivity contribution is 0.0147. The van der Waals surface area contributed by atoms with Gasteiger partial charge in [0.25, 0.3) is 0 Å². The fourth-order valence-electron chi connectivity index (χ4n) is 1.85. The molecule has 1 unspecified atom stereocenters. The Morgan fingerprint density at radius 2 is 1.71 bits per heavy atom. The minimum Gasteiger partial charge on any atom is -0.409 e. The van der Waals surface area contributed by atoms with E-state index in [9.17, 15) is 0 Å². The van der Waals surface area contributed by atoms with E-state index in [2.05, 4.69) is 48.5 Å². The zero-order valence-electron chi connectivity index (χ0n) is 10.5. The van der Waals surface area contributed by atoms with Gasteiger partial charge in [-0.1, -0.05) is 20.8 Å². The molecule has 0 saturated carbocycles. The molecule has 0 aromatic rings. The molecule has 1 aliphatic heterocycles. The molecule has 1 fully saturated rings. The van der Waals surface area contributed by atoms with Crippen LogP contribution in [0.1, 0.15) is 48.5 Å². The Labute approximate surface area is 88.5 Å². The van der Waals surface area contributed by atoms with Crippen LogP contribution in [0.3, 0.4) is 0 Å². The molecule has 82 valence electrons. The number of hydrogen-bond donors (Lipinski definition) is 0. The highest BCUT2D eigenvalue weighted by Crippen LogP contribution is 2.52. The van der Waals surface area contributed by atoms with Gasteiger partial charge in [0.2, 0.25) is 0 Å². The van der Waals surface area contributed by atoms with Crippen LogP contribution in [0.4, 0.5) is 0 Å². The largest absolute Gasteiger partial charge is 0.461 e. The van der Waals surface area contributed by atoms with Gasteiger partial charge in [-0.05, 0) is 38.9 Å². The van der Waals surface area contributed by atoms with E-state index in [1.807, 2.05) is 0 Å². The first-order valence-corrected chi connectivity index (χ1v) is 5.52. The van der Waals surface area contributed by atoms with E-state index in [-0.39, 0.29) is 24.2 Å². The van der Waals surface area contributed by atoms with Crippen LogP contribution in [0.5, 0.6) is 0 Å². The molecule has 1 heterocycles. The summed E-state index contributed by atoms with van der Waals surface area (Å²) in [6.45, 7) is 15.1. The Balaban J connectivity index is 2.78. The summed E-state index contributed by atoms with van der Waals surface area (Å²) in [5.74, 6) is 0.430.